The van der Waals surface area contributed by atoms with Gasteiger partial charge in [-0.2, -0.15) is 4.98 Å². The Labute approximate surface area is 117 Å². The van der Waals surface area contributed by atoms with Crippen molar-refractivity contribution in [3.63, 3.8) is 0 Å². The molecule has 1 heterocycles. The predicted octanol–water partition coefficient (Wildman–Crippen LogP) is 3.71. The highest BCUT2D eigenvalue weighted by molar-refractivity contribution is 5.02. The van der Waals surface area contributed by atoms with Gasteiger partial charge >= 0.3 is 0 Å². The molecule has 3 unspecified atom stereocenters. The molecule has 0 radical (unpaired) electrons. The molecule has 0 saturated heterocycles. The lowest BCUT2D eigenvalue weighted by atomic mass is 9.89. The summed E-state index contributed by atoms with van der Waals surface area (Å²) in [5.41, 5.74) is 0. The van der Waals surface area contributed by atoms with E-state index in [0.717, 1.165) is 31.1 Å². The highest BCUT2D eigenvalue weighted by Crippen LogP contribution is 2.28. The first-order chi connectivity index (χ1) is 9.01. The van der Waals surface area contributed by atoms with Crippen LogP contribution < -0.4 is 5.32 Å². The normalized spacial score (nSPS) is 16.6. The van der Waals surface area contributed by atoms with E-state index < -0.39 is 0 Å². The van der Waals surface area contributed by atoms with Crippen molar-refractivity contribution in [3.8, 4) is 0 Å². The number of rotatable bonds is 8. The van der Waals surface area contributed by atoms with Gasteiger partial charge in [-0.05, 0) is 32.2 Å². The summed E-state index contributed by atoms with van der Waals surface area (Å²) in [6.07, 6.45) is 2.17. The maximum absolute atomic E-state index is 5.51. The maximum atomic E-state index is 5.51. The summed E-state index contributed by atoms with van der Waals surface area (Å²) < 4.78 is 5.51. The lowest BCUT2D eigenvalue weighted by Gasteiger charge is -2.25. The van der Waals surface area contributed by atoms with Crippen molar-refractivity contribution in [2.45, 2.75) is 72.3 Å². The Bertz CT molecular complexity index is 362. The quantitative estimate of drug-likeness (QED) is 0.780. The van der Waals surface area contributed by atoms with E-state index in [-0.39, 0.29) is 5.92 Å². The van der Waals surface area contributed by atoms with Crippen LogP contribution in [0.25, 0.3) is 0 Å². The SMILES string of the molecule is CCCNC(C)C(c1nc(C(C)CC)no1)C(C)C. The molecule has 0 fully saturated rings. The lowest BCUT2D eigenvalue weighted by molar-refractivity contribution is 0.278. The molecule has 0 aliphatic carbocycles. The van der Waals surface area contributed by atoms with Crippen molar-refractivity contribution >= 4 is 0 Å². The fourth-order valence-corrected chi connectivity index (χ4v) is 2.34. The second-order valence-corrected chi connectivity index (χ2v) is 5.81. The number of nitrogens with zero attached hydrogens (tertiary/aromatic N) is 2. The van der Waals surface area contributed by atoms with Crippen LogP contribution in [-0.4, -0.2) is 22.7 Å². The molecule has 1 aromatic heterocycles. The zero-order valence-corrected chi connectivity index (χ0v) is 13.2. The molecule has 0 aromatic carbocycles. The molecule has 1 rings (SSSR count). The smallest absolute Gasteiger partial charge is 0.231 e. The molecule has 110 valence electrons. The highest BCUT2D eigenvalue weighted by Gasteiger charge is 2.28. The second-order valence-electron chi connectivity index (χ2n) is 5.81. The fourth-order valence-electron chi connectivity index (χ4n) is 2.34. The van der Waals surface area contributed by atoms with Crippen LogP contribution in [-0.2, 0) is 0 Å². The molecule has 19 heavy (non-hydrogen) atoms. The van der Waals surface area contributed by atoms with Crippen LogP contribution in [0.5, 0.6) is 0 Å². The number of hydrogen-bond acceptors (Lipinski definition) is 4. The summed E-state index contributed by atoms with van der Waals surface area (Å²) in [5, 5.41) is 7.68. The Kier molecular flexibility index (Phi) is 6.49. The lowest BCUT2D eigenvalue weighted by Crippen LogP contribution is -2.35. The first-order valence-electron chi connectivity index (χ1n) is 7.58. The minimum absolute atomic E-state index is 0.275. The minimum atomic E-state index is 0.275. The monoisotopic (exact) mass is 267 g/mol. The van der Waals surface area contributed by atoms with Crippen LogP contribution in [0.1, 0.15) is 77.9 Å². The molecule has 4 heteroatoms. The third-order valence-electron chi connectivity index (χ3n) is 3.77. The number of aromatic nitrogens is 2. The molecule has 0 aliphatic heterocycles. The fraction of sp³-hybridized carbons (Fsp3) is 0.867. The van der Waals surface area contributed by atoms with Gasteiger partial charge in [0.1, 0.15) is 0 Å². The molecule has 1 N–H and O–H groups in total. The van der Waals surface area contributed by atoms with Gasteiger partial charge in [-0.1, -0.05) is 39.8 Å². The summed E-state index contributed by atoms with van der Waals surface area (Å²) in [6, 6.07) is 0.352. The van der Waals surface area contributed by atoms with Gasteiger partial charge in [-0.3, -0.25) is 0 Å². The first-order valence-corrected chi connectivity index (χ1v) is 7.58. The molecule has 1 aromatic rings. The average molecular weight is 267 g/mol. The Balaban J connectivity index is 2.84. The summed E-state index contributed by atoms with van der Waals surface area (Å²) in [6.45, 7) is 14.1. The third kappa shape index (κ3) is 4.30. The van der Waals surface area contributed by atoms with E-state index in [2.05, 4.69) is 57.0 Å². The first kappa shape index (κ1) is 16.2. The van der Waals surface area contributed by atoms with Crippen LogP contribution in [0.4, 0.5) is 0 Å². The van der Waals surface area contributed by atoms with E-state index >= 15 is 0 Å². The van der Waals surface area contributed by atoms with Crippen LogP contribution >= 0.6 is 0 Å². The zero-order chi connectivity index (χ0) is 14.4. The highest BCUT2D eigenvalue weighted by atomic mass is 16.5. The topological polar surface area (TPSA) is 51.0 Å². The van der Waals surface area contributed by atoms with Crippen molar-refractivity contribution in [2.24, 2.45) is 5.92 Å². The summed E-state index contributed by atoms with van der Waals surface area (Å²) in [7, 11) is 0. The van der Waals surface area contributed by atoms with E-state index in [1.54, 1.807) is 0 Å². The second kappa shape index (κ2) is 7.63. The zero-order valence-electron chi connectivity index (χ0n) is 13.2. The van der Waals surface area contributed by atoms with Crippen LogP contribution in [0.15, 0.2) is 4.52 Å². The molecular formula is C15H29N3O. The maximum Gasteiger partial charge on any atom is 0.231 e. The molecule has 0 aliphatic rings. The van der Waals surface area contributed by atoms with E-state index in [0.29, 0.717) is 17.9 Å². The van der Waals surface area contributed by atoms with Gasteiger partial charge in [0.2, 0.25) is 5.89 Å². The average Bonchev–Trinajstić information content (AvgIpc) is 2.84. The van der Waals surface area contributed by atoms with Gasteiger partial charge in [0, 0.05) is 12.0 Å². The Morgan fingerprint density at radius 2 is 1.84 bits per heavy atom. The van der Waals surface area contributed by atoms with Crippen molar-refractivity contribution in [2.75, 3.05) is 6.54 Å². The molecule has 3 atom stereocenters. The van der Waals surface area contributed by atoms with Crippen molar-refractivity contribution in [1.82, 2.24) is 15.5 Å². The van der Waals surface area contributed by atoms with Gasteiger partial charge in [-0.15, -0.1) is 0 Å². The van der Waals surface area contributed by atoms with Gasteiger partial charge in [0.05, 0.1) is 5.92 Å². The Hall–Kier alpha value is -0.900. The summed E-state index contributed by atoms with van der Waals surface area (Å²) >= 11 is 0. The van der Waals surface area contributed by atoms with Gasteiger partial charge in [0.15, 0.2) is 5.82 Å². The standard InChI is InChI=1S/C15H29N3O/c1-7-9-16-12(6)13(10(3)4)15-17-14(18-19-15)11(5)8-2/h10-13,16H,7-9H2,1-6H3. The van der Waals surface area contributed by atoms with E-state index in [4.69, 9.17) is 4.52 Å². The van der Waals surface area contributed by atoms with Crippen molar-refractivity contribution in [1.29, 1.82) is 0 Å². The number of hydrogen-bond donors (Lipinski definition) is 1. The van der Waals surface area contributed by atoms with Gasteiger partial charge in [0.25, 0.3) is 0 Å². The van der Waals surface area contributed by atoms with Crippen molar-refractivity contribution in [3.05, 3.63) is 11.7 Å². The predicted molar refractivity (Wildman–Crippen MR) is 78.3 cm³/mol. The Morgan fingerprint density at radius 3 is 2.37 bits per heavy atom. The van der Waals surface area contributed by atoms with E-state index in [1.165, 1.54) is 0 Å². The van der Waals surface area contributed by atoms with Crippen LogP contribution in [0.3, 0.4) is 0 Å². The molecule has 4 nitrogen and oxygen atoms in total. The van der Waals surface area contributed by atoms with Crippen molar-refractivity contribution < 1.29 is 4.52 Å². The molecule has 0 saturated carbocycles. The summed E-state index contributed by atoms with van der Waals surface area (Å²) in [5.74, 6) is 2.73. The van der Waals surface area contributed by atoms with Gasteiger partial charge < -0.3 is 9.84 Å². The number of nitrogens with one attached hydrogen (secondary N) is 1. The molecule has 0 spiro atoms. The minimum Gasteiger partial charge on any atom is -0.339 e. The Morgan fingerprint density at radius 1 is 1.16 bits per heavy atom. The van der Waals surface area contributed by atoms with Crippen LogP contribution in [0.2, 0.25) is 0 Å². The molecule has 0 bridgehead atoms. The third-order valence-corrected chi connectivity index (χ3v) is 3.77. The van der Waals surface area contributed by atoms with E-state index in [9.17, 15) is 0 Å². The largest absolute Gasteiger partial charge is 0.339 e. The summed E-state index contributed by atoms with van der Waals surface area (Å²) in [4.78, 5) is 4.61. The van der Waals surface area contributed by atoms with Gasteiger partial charge in [-0.25, -0.2) is 0 Å². The molecular weight excluding hydrogens is 238 g/mol. The van der Waals surface area contributed by atoms with Crippen LogP contribution in [0, 0.1) is 5.92 Å². The van der Waals surface area contributed by atoms with E-state index in [1.807, 2.05) is 0 Å². The molecule has 0 amide bonds.